The van der Waals surface area contributed by atoms with E-state index in [1.165, 1.54) is 0 Å². The van der Waals surface area contributed by atoms with Crippen LogP contribution in [0, 0.1) is 0 Å². The Hall–Kier alpha value is -3.47. The maximum absolute atomic E-state index is 11.2. The van der Waals surface area contributed by atoms with Crippen molar-refractivity contribution < 1.29 is 19.1 Å². The highest BCUT2D eigenvalue weighted by molar-refractivity contribution is 5.80. The number of aldehydes is 3. The van der Waals surface area contributed by atoms with E-state index in [2.05, 4.69) is 0 Å². The molecule has 0 N–H and O–H groups in total. The fourth-order valence-electron chi connectivity index (χ4n) is 3.07. The Kier molecular flexibility index (Phi) is 5.61. The van der Waals surface area contributed by atoms with Gasteiger partial charge in [-0.3, -0.25) is 14.4 Å². The van der Waals surface area contributed by atoms with Gasteiger partial charge in [0.15, 0.2) is 0 Å². The normalized spacial score (nSPS) is 13.6. The van der Waals surface area contributed by atoms with E-state index >= 15 is 0 Å². The molecule has 5 heteroatoms. The molecule has 5 nitrogen and oxygen atoms in total. The van der Waals surface area contributed by atoms with Crippen LogP contribution >= 0.6 is 0 Å². The van der Waals surface area contributed by atoms with Crippen LogP contribution in [0.15, 0.2) is 71.6 Å². The van der Waals surface area contributed by atoms with Crippen molar-refractivity contribution in [2.75, 3.05) is 12.0 Å². The molecular weight excluding hydrogens is 342 g/mol. The van der Waals surface area contributed by atoms with Crippen molar-refractivity contribution in [3.05, 3.63) is 82.8 Å². The smallest absolute Gasteiger partial charge is 0.150 e. The van der Waals surface area contributed by atoms with Gasteiger partial charge in [0.1, 0.15) is 24.6 Å². The molecule has 0 saturated heterocycles. The lowest BCUT2D eigenvalue weighted by molar-refractivity contribution is -0.105. The molecule has 0 heterocycles. The third kappa shape index (κ3) is 3.87. The van der Waals surface area contributed by atoms with E-state index < -0.39 is 0 Å². The number of ether oxygens (including phenoxy) is 1. The van der Waals surface area contributed by atoms with Crippen molar-refractivity contribution in [1.82, 2.24) is 0 Å². The lowest BCUT2D eigenvalue weighted by atomic mass is 10.00. The van der Waals surface area contributed by atoms with Gasteiger partial charge in [-0.2, -0.15) is 0 Å². The predicted octanol–water partition coefficient (Wildman–Crippen LogP) is 4.23. The average molecular weight is 361 g/mol. The van der Waals surface area contributed by atoms with Gasteiger partial charge in [0.05, 0.1) is 7.11 Å². The minimum atomic E-state index is 0.547. The van der Waals surface area contributed by atoms with E-state index in [0.717, 1.165) is 35.9 Å². The molecule has 0 bridgehead atoms. The molecule has 0 aliphatic heterocycles. The van der Waals surface area contributed by atoms with Crippen LogP contribution in [-0.4, -0.2) is 26.0 Å². The van der Waals surface area contributed by atoms with Gasteiger partial charge >= 0.3 is 0 Å². The third-order valence-electron chi connectivity index (χ3n) is 4.49. The van der Waals surface area contributed by atoms with Crippen molar-refractivity contribution in [1.29, 1.82) is 0 Å². The topological polar surface area (TPSA) is 63.7 Å². The van der Waals surface area contributed by atoms with Gasteiger partial charge in [-0.05, 0) is 61.4 Å². The molecule has 0 fully saturated rings. The van der Waals surface area contributed by atoms with Gasteiger partial charge < -0.3 is 9.64 Å². The Morgan fingerprint density at radius 1 is 0.778 bits per heavy atom. The maximum Gasteiger partial charge on any atom is 0.150 e. The molecule has 1 aliphatic rings. The Morgan fingerprint density at radius 2 is 1.30 bits per heavy atom. The third-order valence-corrected chi connectivity index (χ3v) is 4.49. The number of hydrogen-bond donors (Lipinski definition) is 0. The second-order valence-corrected chi connectivity index (χ2v) is 6.10. The average Bonchev–Trinajstić information content (AvgIpc) is 2.74. The largest absolute Gasteiger partial charge is 0.496 e. The molecule has 3 rings (SSSR count). The van der Waals surface area contributed by atoms with Crippen LogP contribution in [0.2, 0.25) is 0 Å². The first-order chi connectivity index (χ1) is 13.2. The monoisotopic (exact) mass is 361 g/mol. The number of anilines is 2. The van der Waals surface area contributed by atoms with E-state index in [1.54, 1.807) is 31.4 Å². The van der Waals surface area contributed by atoms with Crippen LogP contribution in [0.1, 0.15) is 33.6 Å². The first-order valence-corrected chi connectivity index (χ1v) is 8.53. The Balaban J connectivity index is 2.10. The van der Waals surface area contributed by atoms with Crippen LogP contribution in [-0.2, 0) is 9.53 Å². The number of hydrogen-bond acceptors (Lipinski definition) is 5. The summed E-state index contributed by atoms with van der Waals surface area (Å²) in [6.45, 7) is 0. The maximum atomic E-state index is 11.2. The van der Waals surface area contributed by atoms with E-state index in [9.17, 15) is 14.4 Å². The second kappa shape index (κ2) is 8.27. The molecule has 0 spiro atoms. The number of rotatable bonds is 7. The van der Waals surface area contributed by atoms with Crippen molar-refractivity contribution in [2.24, 2.45) is 0 Å². The highest BCUT2D eigenvalue weighted by atomic mass is 16.5. The zero-order valence-corrected chi connectivity index (χ0v) is 14.9. The summed E-state index contributed by atoms with van der Waals surface area (Å²) in [5.74, 6) is 0.547. The SMILES string of the molecule is COC1=C(C=O)CCC(N(c2ccc(C=O)cc2)c2ccc(C=O)cc2)=C1. The molecule has 0 atom stereocenters. The minimum absolute atomic E-state index is 0.547. The second-order valence-electron chi connectivity index (χ2n) is 6.10. The summed E-state index contributed by atoms with van der Waals surface area (Å²) in [6.07, 6.45) is 5.52. The summed E-state index contributed by atoms with van der Waals surface area (Å²) in [4.78, 5) is 35.2. The van der Waals surface area contributed by atoms with Gasteiger partial charge in [0.2, 0.25) is 0 Å². The van der Waals surface area contributed by atoms with Crippen LogP contribution in [0.5, 0.6) is 0 Å². The fraction of sp³-hybridized carbons (Fsp3) is 0.136. The van der Waals surface area contributed by atoms with Crippen LogP contribution in [0.4, 0.5) is 11.4 Å². The standard InChI is InChI=1S/C22H19NO4/c1-27-22-12-21(11-6-18(22)15-26)23(19-7-2-16(13-24)3-8-19)20-9-4-17(14-25)5-10-20/h2-5,7-10,12-15H,6,11H2,1H3. The summed E-state index contributed by atoms with van der Waals surface area (Å²) in [5, 5.41) is 0. The van der Waals surface area contributed by atoms with E-state index in [0.29, 0.717) is 35.3 Å². The number of carbonyl (C=O) groups excluding carboxylic acids is 3. The van der Waals surface area contributed by atoms with E-state index in [1.807, 2.05) is 35.2 Å². The zero-order chi connectivity index (χ0) is 19.2. The van der Waals surface area contributed by atoms with Gasteiger partial charge in [-0.1, -0.05) is 0 Å². The lowest BCUT2D eigenvalue weighted by Crippen LogP contribution is -2.19. The minimum Gasteiger partial charge on any atom is -0.496 e. The summed E-state index contributed by atoms with van der Waals surface area (Å²) >= 11 is 0. The van der Waals surface area contributed by atoms with Gasteiger partial charge in [0.25, 0.3) is 0 Å². The molecule has 0 aromatic heterocycles. The number of allylic oxidation sites excluding steroid dienone is 3. The number of methoxy groups -OCH3 is 1. The highest BCUT2D eigenvalue weighted by Crippen LogP contribution is 2.35. The number of nitrogens with zero attached hydrogens (tertiary/aromatic N) is 1. The summed E-state index contributed by atoms with van der Waals surface area (Å²) in [7, 11) is 1.54. The zero-order valence-electron chi connectivity index (χ0n) is 14.9. The van der Waals surface area contributed by atoms with Crippen molar-refractivity contribution in [3.63, 3.8) is 0 Å². The Bertz CT molecular complexity index is 857. The molecular formula is C22H19NO4. The first-order valence-electron chi connectivity index (χ1n) is 8.53. The van der Waals surface area contributed by atoms with Gasteiger partial charge in [0, 0.05) is 39.8 Å². The number of benzene rings is 2. The molecule has 2 aromatic carbocycles. The van der Waals surface area contributed by atoms with E-state index in [-0.39, 0.29) is 0 Å². The molecule has 1 aliphatic carbocycles. The van der Waals surface area contributed by atoms with Gasteiger partial charge in [-0.15, -0.1) is 0 Å². The summed E-state index contributed by atoms with van der Waals surface area (Å²) in [6, 6.07) is 14.5. The Morgan fingerprint density at radius 3 is 1.70 bits per heavy atom. The van der Waals surface area contributed by atoms with Crippen molar-refractivity contribution in [2.45, 2.75) is 12.8 Å². The fourth-order valence-corrected chi connectivity index (χ4v) is 3.07. The molecule has 136 valence electrons. The van der Waals surface area contributed by atoms with Crippen molar-refractivity contribution in [3.8, 4) is 0 Å². The Labute approximate surface area is 157 Å². The molecule has 0 amide bonds. The molecule has 0 unspecified atom stereocenters. The molecule has 2 aromatic rings. The van der Waals surface area contributed by atoms with Crippen LogP contribution in [0.25, 0.3) is 0 Å². The first kappa shape index (κ1) is 18.3. The number of carbonyl (C=O) groups is 3. The summed E-state index contributed by atoms with van der Waals surface area (Å²) < 4.78 is 5.37. The van der Waals surface area contributed by atoms with Crippen LogP contribution in [0.3, 0.4) is 0 Å². The highest BCUT2D eigenvalue weighted by Gasteiger charge is 2.21. The molecule has 27 heavy (non-hydrogen) atoms. The quantitative estimate of drug-likeness (QED) is 0.691. The summed E-state index contributed by atoms with van der Waals surface area (Å²) in [5.41, 5.74) is 4.51. The van der Waals surface area contributed by atoms with Crippen molar-refractivity contribution >= 4 is 30.2 Å². The molecule has 0 radical (unpaired) electrons. The predicted molar refractivity (Wildman–Crippen MR) is 103 cm³/mol. The lowest BCUT2D eigenvalue weighted by Gasteiger charge is -2.30. The molecule has 0 saturated carbocycles. The van der Waals surface area contributed by atoms with Gasteiger partial charge in [-0.25, -0.2) is 0 Å². The van der Waals surface area contributed by atoms with E-state index in [4.69, 9.17) is 4.74 Å². The van der Waals surface area contributed by atoms with Crippen LogP contribution < -0.4 is 4.90 Å².